The van der Waals surface area contributed by atoms with Crippen LogP contribution in [0.2, 0.25) is 0 Å². The third-order valence-corrected chi connectivity index (χ3v) is 4.79. The Bertz CT molecular complexity index is 848. The third-order valence-electron chi connectivity index (χ3n) is 4.79. The van der Waals surface area contributed by atoms with Crippen LogP contribution in [0.3, 0.4) is 0 Å². The summed E-state index contributed by atoms with van der Waals surface area (Å²) in [7, 11) is 0. The molecule has 3 rings (SSSR count). The number of ether oxygens (including phenoxy) is 2. The molecule has 0 heterocycles. The van der Waals surface area contributed by atoms with E-state index >= 15 is 0 Å². The van der Waals surface area contributed by atoms with Crippen molar-refractivity contribution in [3.05, 3.63) is 95.6 Å². The lowest BCUT2D eigenvalue weighted by Crippen LogP contribution is -2.31. The second-order valence-electron chi connectivity index (χ2n) is 7.00. The van der Waals surface area contributed by atoms with Gasteiger partial charge in [0.25, 0.3) is 0 Å². The van der Waals surface area contributed by atoms with Crippen LogP contribution in [0.15, 0.2) is 78.9 Å². The number of aliphatic hydroxyl groups excluding tert-OH is 1. The molecule has 0 fully saturated rings. The zero-order valence-corrected chi connectivity index (χ0v) is 16.9. The molecule has 0 saturated carbocycles. The Morgan fingerprint density at radius 1 is 0.759 bits per heavy atom. The summed E-state index contributed by atoms with van der Waals surface area (Å²) in [6.07, 6.45) is 0.881. The van der Waals surface area contributed by atoms with Crippen molar-refractivity contribution in [3.8, 4) is 11.5 Å². The lowest BCUT2D eigenvalue weighted by atomic mass is 10.1. The van der Waals surface area contributed by atoms with Gasteiger partial charge in [0.05, 0.1) is 6.61 Å². The van der Waals surface area contributed by atoms with Crippen molar-refractivity contribution >= 4 is 0 Å². The van der Waals surface area contributed by atoms with Gasteiger partial charge in [-0.2, -0.15) is 0 Å². The van der Waals surface area contributed by atoms with E-state index in [0.29, 0.717) is 19.8 Å². The topological polar surface area (TPSA) is 50.7 Å². The lowest BCUT2D eigenvalue weighted by molar-refractivity contribution is 0.238. The summed E-state index contributed by atoms with van der Waals surface area (Å²) in [4.78, 5) is 0. The van der Waals surface area contributed by atoms with Crippen LogP contribution in [-0.2, 0) is 19.8 Å². The molecule has 2 N–H and O–H groups in total. The van der Waals surface area contributed by atoms with Gasteiger partial charge in [-0.3, -0.25) is 0 Å². The van der Waals surface area contributed by atoms with Gasteiger partial charge in [-0.15, -0.1) is 0 Å². The number of hydrogen-bond donors (Lipinski definition) is 2. The van der Waals surface area contributed by atoms with Gasteiger partial charge in [0.1, 0.15) is 13.2 Å². The minimum absolute atomic E-state index is 0.0951. The smallest absolute Gasteiger partial charge is 0.162 e. The second-order valence-corrected chi connectivity index (χ2v) is 7.00. The predicted octanol–water partition coefficient (Wildman–Crippen LogP) is 4.71. The molecule has 0 unspecified atom stereocenters. The third kappa shape index (κ3) is 6.63. The van der Waals surface area contributed by atoms with Crippen LogP contribution in [0.5, 0.6) is 11.5 Å². The highest BCUT2D eigenvalue weighted by atomic mass is 16.5. The maximum atomic E-state index is 9.38. The molecular formula is C25H29NO3. The predicted molar refractivity (Wildman–Crippen MR) is 116 cm³/mol. The van der Waals surface area contributed by atoms with E-state index in [1.165, 1.54) is 0 Å². The fourth-order valence-corrected chi connectivity index (χ4v) is 2.97. The highest BCUT2D eigenvalue weighted by Crippen LogP contribution is 2.30. The Morgan fingerprint density at radius 3 is 1.90 bits per heavy atom. The molecule has 4 heteroatoms. The Kier molecular flexibility index (Phi) is 8.11. The van der Waals surface area contributed by atoms with Gasteiger partial charge in [0, 0.05) is 12.6 Å². The first-order chi connectivity index (χ1) is 14.3. The molecule has 0 bridgehead atoms. The van der Waals surface area contributed by atoms with Crippen LogP contribution in [0, 0.1) is 0 Å². The van der Waals surface area contributed by atoms with Crippen LogP contribution >= 0.6 is 0 Å². The summed E-state index contributed by atoms with van der Waals surface area (Å²) in [5.74, 6) is 1.45. The minimum atomic E-state index is 0.0951. The molecule has 0 saturated heterocycles. The molecule has 0 aromatic heterocycles. The standard InChI is InChI=1S/C25H29NO3/c1-2-23(17-27)26-16-22-13-14-24(28-18-20-9-5-3-6-10-20)25(15-22)29-19-21-11-7-4-8-12-21/h3-15,23,26-27H,2,16-19H2,1H3/t23-/m1/s1. The second kappa shape index (κ2) is 11.2. The number of nitrogens with one attached hydrogen (secondary N) is 1. The molecule has 0 amide bonds. The number of aliphatic hydroxyl groups is 1. The molecule has 3 aromatic carbocycles. The summed E-state index contributed by atoms with van der Waals surface area (Å²) < 4.78 is 12.2. The summed E-state index contributed by atoms with van der Waals surface area (Å²) >= 11 is 0. The molecular weight excluding hydrogens is 362 g/mol. The maximum absolute atomic E-state index is 9.38. The highest BCUT2D eigenvalue weighted by molar-refractivity contribution is 5.43. The number of rotatable bonds is 11. The molecule has 1 atom stereocenters. The van der Waals surface area contributed by atoms with E-state index in [2.05, 4.69) is 12.2 Å². The highest BCUT2D eigenvalue weighted by Gasteiger charge is 2.10. The molecule has 3 aromatic rings. The largest absolute Gasteiger partial charge is 0.485 e. The van der Waals surface area contributed by atoms with Gasteiger partial charge < -0.3 is 19.9 Å². The van der Waals surface area contributed by atoms with Crippen molar-refractivity contribution in [3.63, 3.8) is 0 Å². The van der Waals surface area contributed by atoms with Gasteiger partial charge >= 0.3 is 0 Å². The van der Waals surface area contributed by atoms with Crippen LogP contribution in [0.1, 0.15) is 30.0 Å². The SMILES string of the molecule is CC[C@H](CO)NCc1ccc(OCc2ccccc2)c(OCc2ccccc2)c1. The molecule has 4 nitrogen and oxygen atoms in total. The number of hydrogen-bond acceptors (Lipinski definition) is 4. The molecule has 152 valence electrons. The normalized spacial score (nSPS) is 11.8. The van der Waals surface area contributed by atoms with E-state index in [-0.39, 0.29) is 12.6 Å². The zero-order chi connectivity index (χ0) is 20.3. The fourth-order valence-electron chi connectivity index (χ4n) is 2.97. The molecule has 29 heavy (non-hydrogen) atoms. The van der Waals surface area contributed by atoms with E-state index in [4.69, 9.17) is 9.47 Å². The van der Waals surface area contributed by atoms with Gasteiger partial charge in [-0.25, -0.2) is 0 Å². The average molecular weight is 392 g/mol. The molecule has 0 radical (unpaired) electrons. The Balaban J connectivity index is 1.72. The van der Waals surface area contributed by atoms with Crippen LogP contribution < -0.4 is 14.8 Å². The van der Waals surface area contributed by atoms with Gasteiger partial charge in [-0.05, 0) is 35.2 Å². The summed E-state index contributed by atoms with van der Waals surface area (Å²) in [6, 6.07) is 26.3. The molecule has 0 spiro atoms. The van der Waals surface area contributed by atoms with Crippen molar-refractivity contribution < 1.29 is 14.6 Å². The average Bonchev–Trinajstić information content (AvgIpc) is 2.79. The van der Waals surface area contributed by atoms with E-state index < -0.39 is 0 Å². The maximum Gasteiger partial charge on any atom is 0.162 e. The minimum Gasteiger partial charge on any atom is -0.485 e. The molecule has 0 aliphatic carbocycles. The molecule has 0 aliphatic rings. The monoisotopic (exact) mass is 391 g/mol. The van der Waals surface area contributed by atoms with Gasteiger partial charge in [0.15, 0.2) is 11.5 Å². The first-order valence-electron chi connectivity index (χ1n) is 10.1. The van der Waals surface area contributed by atoms with Crippen molar-refractivity contribution in [1.82, 2.24) is 5.32 Å². The van der Waals surface area contributed by atoms with E-state index in [1.54, 1.807) is 0 Å². The Morgan fingerprint density at radius 2 is 1.34 bits per heavy atom. The first kappa shape index (κ1) is 20.9. The van der Waals surface area contributed by atoms with E-state index in [9.17, 15) is 5.11 Å². The van der Waals surface area contributed by atoms with Gasteiger partial charge in [0.2, 0.25) is 0 Å². The lowest BCUT2D eigenvalue weighted by Gasteiger charge is -2.17. The van der Waals surface area contributed by atoms with Crippen LogP contribution in [0.25, 0.3) is 0 Å². The van der Waals surface area contributed by atoms with E-state index in [1.807, 2.05) is 78.9 Å². The van der Waals surface area contributed by atoms with Crippen LogP contribution in [-0.4, -0.2) is 17.8 Å². The Hall–Kier alpha value is -2.82. The Labute approximate surface area is 173 Å². The number of benzene rings is 3. The van der Waals surface area contributed by atoms with Crippen LogP contribution in [0.4, 0.5) is 0 Å². The first-order valence-corrected chi connectivity index (χ1v) is 10.1. The van der Waals surface area contributed by atoms with E-state index in [0.717, 1.165) is 34.6 Å². The van der Waals surface area contributed by atoms with Gasteiger partial charge in [-0.1, -0.05) is 73.7 Å². The van der Waals surface area contributed by atoms with Crippen molar-refractivity contribution in [2.75, 3.05) is 6.61 Å². The summed E-state index contributed by atoms with van der Waals surface area (Å²) in [5.41, 5.74) is 3.31. The fraction of sp³-hybridized carbons (Fsp3) is 0.280. The molecule has 0 aliphatic heterocycles. The van der Waals surface area contributed by atoms with Crippen molar-refractivity contribution in [2.45, 2.75) is 39.1 Å². The van der Waals surface area contributed by atoms with Crippen molar-refractivity contribution in [2.24, 2.45) is 0 Å². The summed E-state index contributed by atoms with van der Waals surface area (Å²) in [5, 5.41) is 12.8. The van der Waals surface area contributed by atoms with Crippen molar-refractivity contribution in [1.29, 1.82) is 0 Å². The zero-order valence-electron chi connectivity index (χ0n) is 16.9. The summed E-state index contributed by atoms with van der Waals surface area (Å²) in [6.45, 7) is 3.82. The quantitative estimate of drug-likeness (QED) is 0.497.